The van der Waals surface area contributed by atoms with Crippen molar-refractivity contribution in [2.75, 3.05) is 4.72 Å². The molecule has 37 heavy (non-hydrogen) atoms. The Hall–Kier alpha value is -4.10. The Balaban J connectivity index is 1.35. The molecule has 0 aliphatic rings. The maximum absolute atomic E-state index is 12.9. The summed E-state index contributed by atoms with van der Waals surface area (Å²) in [5, 5.41) is 1.89. The minimum atomic E-state index is -4.44. The van der Waals surface area contributed by atoms with Gasteiger partial charge in [0.1, 0.15) is 5.69 Å². The van der Waals surface area contributed by atoms with Gasteiger partial charge in [-0.2, -0.15) is 13.2 Å². The Morgan fingerprint density at radius 1 is 0.973 bits per heavy atom. The second-order valence-corrected chi connectivity index (χ2v) is 10.5. The third-order valence-electron chi connectivity index (χ3n) is 5.44. The Kier molecular flexibility index (Phi) is 6.25. The molecule has 2 aromatic carbocycles. The molecule has 0 aliphatic carbocycles. The number of hydrogen-bond acceptors (Lipinski definition) is 7. The van der Waals surface area contributed by atoms with Gasteiger partial charge in [-0.05, 0) is 29.8 Å². The average molecular weight is 544 g/mol. The third kappa shape index (κ3) is 5.22. The summed E-state index contributed by atoms with van der Waals surface area (Å²) < 4.78 is 67.6. The smallest absolute Gasteiger partial charge is 0.296 e. The molecule has 0 atom stereocenters. The van der Waals surface area contributed by atoms with Crippen molar-refractivity contribution >= 4 is 37.9 Å². The fraction of sp³-hybridized carbons (Fsp3) is 0.0833. The highest BCUT2D eigenvalue weighted by Crippen LogP contribution is 2.31. The molecule has 0 fully saturated rings. The first-order chi connectivity index (χ1) is 17.6. The molecule has 0 radical (unpaired) electrons. The van der Waals surface area contributed by atoms with Crippen LogP contribution in [0.1, 0.15) is 21.6 Å². The lowest BCUT2D eigenvalue weighted by Crippen LogP contribution is -2.13. The lowest BCUT2D eigenvalue weighted by molar-refractivity contribution is -0.137. The molecule has 5 aromatic rings. The number of imidazole rings is 1. The molecule has 13 heteroatoms. The SMILES string of the molecule is O=C(Cc1ccc(S(=O)(=O)Nc2nccs2)cc1)c1cn2c(-c3ccc(C(F)(F)F)cc3)cnc2cn1. The molecule has 0 bridgehead atoms. The number of Topliss-reactive ketones (excluding diaryl/α,β-unsaturated/α-hetero) is 1. The number of nitrogens with zero attached hydrogens (tertiary/aromatic N) is 4. The third-order valence-corrected chi connectivity index (χ3v) is 7.61. The number of nitrogens with one attached hydrogen (secondary N) is 1. The molecule has 0 amide bonds. The summed E-state index contributed by atoms with van der Waals surface area (Å²) in [7, 11) is -3.81. The molecule has 0 saturated carbocycles. The summed E-state index contributed by atoms with van der Waals surface area (Å²) in [5.41, 5.74) is 1.36. The number of carbonyl (C=O) groups is 1. The van der Waals surface area contributed by atoms with E-state index >= 15 is 0 Å². The van der Waals surface area contributed by atoms with Crippen molar-refractivity contribution in [2.45, 2.75) is 17.5 Å². The van der Waals surface area contributed by atoms with E-state index in [0.717, 1.165) is 23.5 Å². The lowest BCUT2D eigenvalue weighted by Gasteiger charge is -2.08. The fourth-order valence-corrected chi connectivity index (χ4v) is 5.38. The number of fused-ring (bicyclic) bond motifs is 1. The predicted octanol–water partition coefficient (Wildman–Crippen LogP) is 5.10. The minimum Gasteiger partial charge on any atom is -0.296 e. The van der Waals surface area contributed by atoms with Gasteiger partial charge in [0, 0.05) is 29.8 Å². The lowest BCUT2D eigenvalue weighted by atomic mass is 10.1. The van der Waals surface area contributed by atoms with Crippen LogP contribution in [0.15, 0.2) is 83.6 Å². The molecule has 5 rings (SSSR count). The molecule has 8 nitrogen and oxygen atoms in total. The van der Waals surface area contributed by atoms with Crippen molar-refractivity contribution in [3.63, 3.8) is 0 Å². The molecule has 3 heterocycles. The van der Waals surface area contributed by atoms with Crippen LogP contribution in [-0.4, -0.2) is 33.6 Å². The van der Waals surface area contributed by atoms with Crippen LogP contribution in [0.2, 0.25) is 0 Å². The maximum Gasteiger partial charge on any atom is 0.416 e. The highest BCUT2D eigenvalue weighted by atomic mass is 32.2. The number of anilines is 1. The van der Waals surface area contributed by atoms with Gasteiger partial charge in [-0.1, -0.05) is 24.3 Å². The summed E-state index contributed by atoms with van der Waals surface area (Å²) in [4.78, 5) is 25.2. The molecular formula is C24H16F3N5O3S2. The normalized spacial score (nSPS) is 12.1. The fourth-order valence-electron chi connectivity index (χ4n) is 3.59. The summed E-state index contributed by atoms with van der Waals surface area (Å²) in [6, 6.07) is 10.5. The number of halogens is 3. The Morgan fingerprint density at radius 2 is 1.70 bits per heavy atom. The van der Waals surface area contributed by atoms with Gasteiger partial charge < -0.3 is 0 Å². The molecule has 188 valence electrons. The number of carbonyl (C=O) groups excluding carboxylic acids is 1. The van der Waals surface area contributed by atoms with Crippen LogP contribution in [-0.2, 0) is 22.6 Å². The van der Waals surface area contributed by atoms with Gasteiger partial charge in [0.15, 0.2) is 16.6 Å². The van der Waals surface area contributed by atoms with Crippen molar-refractivity contribution < 1.29 is 26.4 Å². The number of rotatable bonds is 7. The zero-order valence-corrected chi connectivity index (χ0v) is 20.3. The zero-order valence-electron chi connectivity index (χ0n) is 18.7. The largest absolute Gasteiger partial charge is 0.416 e. The van der Waals surface area contributed by atoms with Crippen LogP contribution in [0.4, 0.5) is 18.3 Å². The van der Waals surface area contributed by atoms with Crippen molar-refractivity contribution in [2.24, 2.45) is 0 Å². The number of aromatic nitrogens is 4. The molecule has 3 aromatic heterocycles. The van der Waals surface area contributed by atoms with Gasteiger partial charge in [0.2, 0.25) is 0 Å². The van der Waals surface area contributed by atoms with E-state index in [1.165, 1.54) is 61.2 Å². The van der Waals surface area contributed by atoms with Crippen LogP contribution in [0, 0.1) is 0 Å². The van der Waals surface area contributed by atoms with E-state index in [1.807, 2.05) is 0 Å². The Morgan fingerprint density at radius 3 is 2.35 bits per heavy atom. The molecule has 1 N–H and O–H groups in total. The maximum atomic E-state index is 12.9. The number of alkyl halides is 3. The summed E-state index contributed by atoms with van der Waals surface area (Å²) in [5.74, 6) is -0.328. The van der Waals surface area contributed by atoms with E-state index in [1.54, 1.807) is 9.78 Å². The quantitative estimate of drug-likeness (QED) is 0.287. The Labute approximate surface area is 212 Å². The average Bonchev–Trinajstić information content (AvgIpc) is 3.53. The van der Waals surface area contributed by atoms with Crippen molar-refractivity contribution in [1.82, 2.24) is 19.4 Å². The second kappa shape index (κ2) is 9.41. The number of sulfonamides is 1. The van der Waals surface area contributed by atoms with Gasteiger partial charge in [0.25, 0.3) is 10.0 Å². The molecule has 0 aliphatic heterocycles. The van der Waals surface area contributed by atoms with E-state index in [0.29, 0.717) is 22.5 Å². The van der Waals surface area contributed by atoms with Gasteiger partial charge in [-0.25, -0.2) is 23.4 Å². The van der Waals surface area contributed by atoms with Crippen LogP contribution < -0.4 is 4.72 Å². The predicted molar refractivity (Wildman–Crippen MR) is 131 cm³/mol. The van der Waals surface area contributed by atoms with E-state index in [2.05, 4.69) is 19.7 Å². The molecule has 0 unspecified atom stereocenters. The van der Waals surface area contributed by atoms with E-state index < -0.39 is 21.8 Å². The van der Waals surface area contributed by atoms with Crippen molar-refractivity contribution in [3.05, 3.63) is 95.5 Å². The van der Waals surface area contributed by atoms with Crippen LogP contribution in [0.5, 0.6) is 0 Å². The highest BCUT2D eigenvalue weighted by Gasteiger charge is 2.30. The summed E-state index contributed by atoms with van der Waals surface area (Å²) in [6.45, 7) is 0. The number of benzene rings is 2. The first-order valence-corrected chi connectivity index (χ1v) is 13.0. The van der Waals surface area contributed by atoms with Gasteiger partial charge >= 0.3 is 6.18 Å². The summed E-state index contributed by atoms with van der Waals surface area (Å²) in [6.07, 6.45) is 1.38. The first kappa shape index (κ1) is 24.6. The molecular weight excluding hydrogens is 527 g/mol. The van der Waals surface area contributed by atoms with Gasteiger partial charge in [-0.3, -0.25) is 13.9 Å². The van der Waals surface area contributed by atoms with Gasteiger partial charge in [0.05, 0.1) is 28.5 Å². The van der Waals surface area contributed by atoms with E-state index in [4.69, 9.17) is 0 Å². The Bertz CT molecular complexity index is 1680. The number of hydrogen-bond donors (Lipinski definition) is 1. The zero-order chi connectivity index (χ0) is 26.2. The molecule has 0 saturated heterocycles. The molecule has 0 spiro atoms. The monoisotopic (exact) mass is 543 g/mol. The minimum absolute atomic E-state index is 0.0260. The van der Waals surface area contributed by atoms with Gasteiger partial charge in [-0.15, -0.1) is 11.3 Å². The van der Waals surface area contributed by atoms with Crippen molar-refractivity contribution in [3.8, 4) is 11.3 Å². The second-order valence-electron chi connectivity index (χ2n) is 7.91. The van der Waals surface area contributed by atoms with Crippen molar-refractivity contribution in [1.29, 1.82) is 0 Å². The standard InChI is InChI=1S/C24H16F3N5O3S2/c25-24(26,27)17-5-3-16(4-6-17)20-12-30-22-13-29-19(14-32(20)22)21(33)11-15-1-7-18(8-2-15)37(34,35)31-23-28-9-10-36-23/h1-10,12-14H,11H2,(H,28,31). The number of thiazole rings is 1. The van der Waals surface area contributed by atoms with Crippen LogP contribution in [0.25, 0.3) is 16.9 Å². The topological polar surface area (TPSA) is 106 Å². The van der Waals surface area contributed by atoms with E-state index in [9.17, 15) is 26.4 Å². The van der Waals surface area contributed by atoms with Crippen LogP contribution in [0.3, 0.4) is 0 Å². The van der Waals surface area contributed by atoms with Crippen LogP contribution >= 0.6 is 11.3 Å². The summed E-state index contributed by atoms with van der Waals surface area (Å²) >= 11 is 1.15. The van der Waals surface area contributed by atoms with E-state index in [-0.39, 0.29) is 27.9 Å². The first-order valence-electron chi connectivity index (χ1n) is 10.7. The number of ketones is 1. The highest BCUT2D eigenvalue weighted by molar-refractivity contribution is 7.93.